The summed E-state index contributed by atoms with van der Waals surface area (Å²) in [5, 5.41) is 2.80. The molecule has 0 radical (unpaired) electrons. The zero-order valence-corrected chi connectivity index (χ0v) is 15.0. The van der Waals surface area contributed by atoms with Crippen molar-refractivity contribution in [1.82, 2.24) is 5.32 Å². The summed E-state index contributed by atoms with van der Waals surface area (Å²) >= 11 is 3.29. The van der Waals surface area contributed by atoms with E-state index < -0.39 is 6.10 Å². The van der Waals surface area contributed by atoms with Gasteiger partial charge >= 0.3 is 0 Å². The van der Waals surface area contributed by atoms with Gasteiger partial charge < -0.3 is 19.5 Å². The first-order chi connectivity index (χ1) is 12.1. The maximum Gasteiger partial charge on any atom is 0.261 e. The molecule has 1 aliphatic rings. The van der Waals surface area contributed by atoms with Crippen molar-refractivity contribution in [2.24, 2.45) is 0 Å². The third-order valence-corrected chi connectivity index (χ3v) is 4.17. The standard InChI is InChI=1S/C18H16BrNO5/c1-11(25-15-5-3-14(19)7-13(15)9-21)18(22)20-8-12-2-4-16-17(6-12)24-10-23-16/h2-7,9,11H,8,10H2,1H3,(H,20,22)/t11-/m1/s1. The first kappa shape index (κ1) is 17.3. The van der Waals surface area contributed by atoms with Crippen molar-refractivity contribution in [3.63, 3.8) is 0 Å². The largest absolute Gasteiger partial charge is 0.480 e. The number of benzene rings is 2. The number of halogens is 1. The van der Waals surface area contributed by atoms with Gasteiger partial charge in [0.15, 0.2) is 23.9 Å². The van der Waals surface area contributed by atoms with E-state index in [0.717, 1.165) is 10.0 Å². The monoisotopic (exact) mass is 405 g/mol. The summed E-state index contributed by atoms with van der Waals surface area (Å²) in [6.45, 7) is 2.18. The first-order valence-corrected chi connectivity index (χ1v) is 8.44. The Morgan fingerprint density at radius 3 is 2.88 bits per heavy atom. The van der Waals surface area contributed by atoms with E-state index in [2.05, 4.69) is 21.2 Å². The number of ether oxygens (including phenoxy) is 3. The van der Waals surface area contributed by atoms with Crippen LogP contribution in [0.3, 0.4) is 0 Å². The number of fused-ring (bicyclic) bond motifs is 1. The molecule has 0 bridgehead atoms. The number of rotatable bonds is 6. The molecule has 1 atom stereocenters. The van der Waals surface area contributed by atoms with Crippen molar-refractivity contribution in [2.45, 2.75) is 19.6 Å². The lowest BCUT2D eigenvalue weighted by Gasteiger charge is -2.16. The van der Waals surface area contributed by atoms with Crippen LogP contribution in [-0.4, -0.2) is 25.1 Å². The Balaban J connectivity index is 1.58. The summed E-state index contributed by atoms with van der Waals surface area (Å²) in [5.74, 6) is 1.45. The molecule has 1 amide bonds. The molecule has 0 spiro atoms. The average Bonchev–Trinajstić information content (AvgIpc) is 3.08. The Morgan fingerprint density at radius 2 is 2.08 bits per heavy atom. The predicted octanol–water partition coefficient (Wildman–Crippen LogP) is 3.07. The fourth-order valence-electron chi connectivity index (χ4n) is 2.35. The van der Waals surface area contributed by atoms with Gasteiger partial charge in [0.25, 0.3) is 5.91 Å². The van der Waals surface area contributed by atoms with Crippen molar-refractivity contribution in [3.05, 3.63) is 52.0 Å². The number of hydrogen-bond donors (Lipinski definition) is 1. The molecule has 0 fully saturated rings. The predicted molar refractivity (Wildman–Crippen MR) is 94.0 cm³/mol. The van der Waals surface area contributed by atoms with Crippen molar-refractivity contribution >= 4 is 28.1 Å². The van der Waals surface area contributed by atoms with E-state index in [1.54, 1.807) is 25.1 Å². The first-order valence-electron chi connectivity index (χ1n) is 7.64. The molecular weight excluding hydrogens is 390 g/mol. The lowest BCUT2D eigenvalue weighted by Crippen LogP contribution is -2.36. The minimum atomic E-state index is -0.742. The number of aldehydes is 1. The molecule has 7 heteroatoms. The van der Waals surface area contributed by atoms with Crippen LogP contribution in [0.5, 0.6) is 17.2 Å². The van der Waals surface area contributed by atoms with Crippen molar-refractivity contribution in [1.29, 1.82) is 0 Å². The molecule has 3 rings (SSSR count). The summed E-state index contributed by atoms with van der Waals surface area (Å²) in [7, 11) is 0. The second-order valence-corrected chi connectivity index (χ2v) is 6.38. The fraction of sp³-hybridized carbons (Fsp3) is 0.222. The van der Waals surface area contributed by atoms with Crippen LogP contribution >= 0.6 is 15.9 Å². The summed E-state index contributed by atoms with van der Waals surface area (Å²) in [5.41, 5.74) is 1.27. The quantitative estimate of drug-likeness (QED) is 0.747. The van der Waals surface area contributed by atoms with E-state index in [9.17, 15) is 9.59 Å². The minimum Gasteiger partial charge on any atom is -0.480 e. The number of hydrogen-bond acceptors (Lipinski definition) is 5. The number of carbonyl (C=O) groups excluding carboxylic acids is 2. The van der Waals surface area contributed by atoms with E-state index >= 15 is 0 Å². The van der Waals surface area contributed by atoms with Crippen LogP contribution in [0.25, 0.3) is 0 Å². The third kappa shape index (κ3) is 4.11. The SMILES string of the molecule is C[C@@H](Oc1ccc(Br)cc1C=O)C(=O)NCc1ccc2c(c1)OCO2. The minimum absolute atomic E-state index is 0.211. The lowest BCUT2D eigenvalue weighted by atomic mass is 10.2. The highest BCUT2D eigenvalue weighted by molar-refractivity contribution is 9.10. The van der Waals surface area contributed by atoms with Crippen LogP contribution in [0, 0.1) is 0 Å². The van der Waals surface area contributed by atoms with E-state index in [-0.39, 0.29) is 12.7 Å². The normalized spacial score (nSPS) is 13.2. The molecule has 1 heterocycles. The molecule has 1 N–H and O–H groups in total. The fourth-order valence-corrected chi connectivity index (χ4v) is 2.73. The van der Waals surface area contributed by atoms with Crippen molar-refractivity contribution in [3.8, 4) is 17.2 Å². The Morgan fingerprint density at radius 1 is 1.28 bits per heavy atom. The highest BCUT2D eigenvalue weighted by atomic mass is 79.9. The second-order valence-electron chi connectivity index (χ2n) is 5.47. The van der Waals surface area contributed by atoms with E-state index in [4.69, 9.17) is 14.2 Å². The Bertz CT molecular complexity index is 808. The van der Waals surface area contributed by atoms with Gasteiger partial charge in [0.1, 0.15) is 5.75 Å². The molecule has 0 unspecified atom stereocenters. The summed E-state index contributed by atoms with van der Waals surface area (Å²) in [4.78, 5) is 23.3. The molecule has 130 valence electrons. The smallest absolute Gasteiger partial charge is 0.261 e. The lowest BCUT2D eigenvalue weighted by molar-refractivity contribution is -0.127. The summed E-state index contributed by atoms with van der Waals surface area (Å²) in [6.07, 6.45) is -0.0500. The molecule has 6 nitrogen and oxygen atoms in total. The van der Waals surface area contributed by atoms with Crippen LogP contribution < -0.4 is 19.5 Å². The molecule has 2 aromatic rings. The Labute approximate surface area is 153 Å². The second kappa shape index (κ2) is 7.57. The van der Waals surface area contributed by atoms with Crippen LogP contribution in [-0.2, 0) is 11.3 Å². The highest BCUT2D eigenvalue weighted by Crippen LogP contribution is 2.32. The van der Waals surface area contributed by atoms with Gasteiger partial charge in [0.2, 0.25) is 6.79 Å². The number of nitrogens with one attached hydrogen (secondary N) is 1. The molecule has 0 saturated carbocycles. The molecular formula is C18H16BrNO5. The maximum atomic E-state index is 12.2. The van der Waals surface area contributed by atoms with Gasteiger partial charge in [-0.3, -0.25) is 9.59 Å². The van der Waals surface area contributed by atoms with Gasteiger partial charge in [0, 0.05) is 11.0 Å². The van der Waals surface area contributed by atoms with E-state index in [0.29, 0.717) is 35.6 Å². The third-order valence-electron chi connectivity index (χ3n) is 3.68. The van der Waals surface area contributed by atoms with E-state index in [1.807, 2.05) is 18.2 Å². The number of amides is 1. The number of carbonyl (C=O) groups is 2. The zero-order valence-electron chi connectivity index (χ0n) is 13.5. The Hall–Kier alpha value is -2.54. The molecule has 0 aromatic heterocycles. The molecule has 2 aromatic carbocycles. The maximum absolute atomic E-state index is 12.2. The molecule has 1 aliphatic heterocycles. The Kier molecular flexibility index (Phi) is 5.23. The van der Waals surface area contributed by atoms with Crippen LogP contribution in [0.1, 0.15) is 22.8 Å². The van der Waals surface area contributed by atoms with E-state index in [1.165, 1.54) is 0 Å². The van der Waals surface area contributed by atoms with Gasteiger partial charge in [-0.1, -0.05) is 22.0 Å². The van der Waals surface area contributed by atoms with Crippen LogP contribution in [0.2, 0.25) is 0 Å². The van der Waals surface area contributed by atoms with Crippen LogP contribution in [0.4, 0.5) is 0 Å². The van der Waals surface area contributed by atoms with Gasteiger partial charge in [-0.15, -0.1) is 0 Å². The summed E-state index contributed by atoms with van der Waals surface area (Å²) in [6, 6.07) is 10.5. The molecule has 0 saturated heterocycles. The topological polar surface area (TPSA) is 73.9 Å². The van der Waals surface area contributed by atoms with Gasteiger partial charge in [0.05, 0.1) is 5.56 Å². The zero-order chi connectivity index (χ0) is 17.8. The van der Waals surface area contributed by atoms with Gasteiger partial charge in [-0.25, -0.2) is 0 Å². The van der Waals surface area contributed by atoms with Crippen LogP contribution in [0.15, 0.2) is 40.9 Å². The molecule has 0 aliphatic carbocycles. The van der Waals surface area contributed by atoms with Crippen molar-refractivity contribution in [2.75, 3.05) is 6.79 Å². The van der Waals surface area contributed by atoms with Crippen molar-refractivity contribution < 1.29 is 23.8 Å². The molecule has 25 heavy (non-hydrogen) atoms. The van der Waals surface area contributed by atoms with Gasteiger partial charge in [-0.2, -0.15) is 0 Å². The van der Waals surface area contributed by atoms with Gasteiger partial charge in [-0.05, 0) is 42.8 Å². The average molecular weight is 406 g/mol. The summed E-state index contributed by atoms with van der Waals surface area (Å²) < 4.78 is 16.9. The highest BCUT2D eigenvalue weighted by Gasteiger charge is 2.17.